The second kappa shape index (κ2) is 8.45. The summed E-state index contributed by atoms with van der Waals surface area (Å²) in [6, 6.07) is 7.38. The van der Waals surface area contributed by atoms with Gasteiger partial charge in [-0.3, -0.25) is 9.58 Å². The molecule has 1 aromatic heterocycles. The fourth-order valence-electron chi connectivity index (χ4n) is 3.32. The zero-order chi connectivity index (χ0) is 17.6. The van der Waals surface area contributed by atoms with Crippen LogP contribution in [0.25, 0.3) is 0 Å². The van der Waals surface area contributed by atoms with Crippen LogP contribution in [0, 0.1) is 5.82 Å². The molecule has 1 atom stereocenters. The molecule has 0 spiro atoms. The van der Waals surface area contributed by atoms with Gasteiger partial charge in [0.15, 0.2) is 0 Å². The van der Waals surface area contributed by atoms with Crippen molar-refractivity contribution in [1.82, 2.24) is 20.0 Å². The summed E-state index contributed by atoms with van der Waals surface area (Å²) in [5.74, 6) is -0.121. The van der Waals surface area contributed by atoms with Crippen molar-refractivity contribution in [3.8, 4) is 0 Å². The molecule has 6 heteroatoms. The van der Waals surface area contributed by atoms with Gasteiger partial charge in [0, 0.05) is 51.0 Å². The van der Waals surface area contributed by atoms with Gasteiger partial charge in [-0.05, 0) is 38.6 Å². The number of aromatic nitrogens is 2. The standard InChI is InChI=1S/C19H28FN5/c1-16(17-14-22-23(2)15-17)21-8-5-9-24-10-12-25(13-11-24)19-7-4-3-6-18(19)20/h3-4,6-7,14-16,21H,5,8-13H2,1-2H3/t16-/m1/s1. The number of anilines is 1. The van der Waals surface area contributed by atoms with Gasteiger partial charge in [-0.25, -0.2) is 4.39 Å². The van der Waals surface area contributed by atoms with E-state index in [-0.39, 0.29) is 5.82 Å². The lowest BCUT2D eigenvalue weighted by Gasteiger charge is -2.36. The summed E-state index contributed by atoms with van der Waals surface area (Å²) in [6.45, 7) is 8.01. The minimum atomic E-state index is -0.121. The number of halogens is 1. The summed E-state index contributed by atoms with van der Waals surface area (Å²) in [4.78, 5) is 4.61. The number of piperazine rings is 1. The Morgan fingerprint density at radius 1 is 1.20 bits per heavy atom. The van der Waals surface area contributed by atoms with Gasteiger partial charge in [-0.1, -0.05) is 12.1 Å². The van der Waals surface area contributed by atoms with E-state index in [1.54, 1.807) is 6.07 Å². The average molecular weight is 345 g/mol. The third-order valence-electron chi connectivity index (χ3n) is 4.89. The number of rotatable bonds is 7. The molecule has 3 rings (SSSR count). The van der Waals surface area contributed by atoms with Crippen LogP contribution in [0.15, 0.2) is 36.7 Å². The maximum Gasteiger partial charge on any atom is 0.146 e. The largest absolute Gasteiger partial charge is 0.367 e. The Kier molecular flexibility index (Phi) is 6.04. The molecule has 1 aliphatic heterocycles. The number of aryl methyl sites for hydroxylation is 1. The van der Waals surface area contributed by atoms with E-state index in [4.69, 9.17) is 0 Å². The molecule has 5 nitrogen and oxygen atoms in total. The maximum absolute atomic E-state index is 13.9. The van der Waals surface area contributed by atoms with E-state index in [0.717, 1.165) is 51.4 Å². The van der Waals surface area contributed by atoms with Gasteiger partial charge in [-0.2, -0.15) is 5.10 Å². The molecule has 1 saturated heterocycles. The normalized spacial score (nSPS) is 17.0. The zero-order valence-electron chi connectivity index (χ0n) is 15.2. The van der Waals surface area contributed by atoms with E-state index in [1.807, 2.05) is 30.1 Å². The second-order valence-electron chi connectivity index (χ2n) is 6.76. The molecule has 0 saturated carbocycles. The molecule has 1 fully saturated rings. The van der Waals surface area contributed by atoms with Gasteiger partial charge >= 0.3 is 0 Å². The van der Waals surface area contributed by atoms with Crippen LogP contribution in [-0.4, -0.2) is 53.9 Å². The zero-order valence-corrected chi connectivity index (χ0v) is 15.2. The number of para-hydroxylation sites is 1. The molecule has 1 aromatic carbocycles. The fraction of sp³-hybridized carbons (Fsp3) is 0.526. The summed E-state index contributed by atoms with van der Waals surface area (Å²) in [5.41, 5.74) is 1.95. The first-order valence-corrected chi connectivity index (χ1v) is 9.07. The van der Waals surface area contributed by atoms with Gasteiger partial charge in [0.05, 0.1) is 11.9 Å². The minimum Gasteiger partial charge on any atom is -0.367 e. The Morgan fingerprint density at radius 3 is 2.64 bits per heavy atom. The van der Waals surface area contributed by atoms with Crippen molar-refractivity contribution in [1.29, 1.82) is 0 Å². The lowest BCUT2D eigenvalue weighted by atomic mass is 10.2. The Bertz CT molecular complexity index is 663. The van der Waals surface area contributed by atoms with Crippen molar-refractivity contribution in [2.75, 3.05) is 44.2 Å². The predicted molar refractivity (Wildman–Crippen MR) is 99.3 cm³/mol. The van der Waals surface area contributed by atoms with Crippen LogP contribution in [0.2, 0.25) is 0 Å². The van der Waals surface area contributed by atoms with Crippen LogP contribution >= 0.6 is 0 Å². The molecule has 0 unspecified atom stereocenters. The van der Waals surface area contributed by atoms with Crippen molar-refractivity contribution in [2.24, 2.45) is 7.05 Å². The Balaban J connectivity index is 1.35. The molecule has 136 valence electrons. The Labute approximate surface area is 149 Å². The van der Waals surface area contributed by atoms with Gasteiger partial charge in [-0.15, -0.1) is 0 Å². The van der Waals surface area contributed by atoms with Gasteiger partial charge < -0.3 is 10.2 Å². The maximum atomic E-state index is 13.9. The minimum absolute atomic E-state index is 0.121. The number of hydrogen-bond donors (Lipinski definition) is 1. The summed E-state index contributed by atoms with van der Waals surface area (Å²) in [5, 5.41) is 7.77. The van der Waals surface area contributed by atoms with E-state index < -0.39 is 0 Å². The van der Waals surface area contributed by atoms with Crippen LogP contribution in [-0.2, 0) is 7.05 Å². The van der Waals surface area contributed by atoms with E-state index >= 15 is 0 Å². The number of nitrogens with zero attached hydrogens (tertiary/aromatic N) is 4. The van der Waals surface area contributed by atoms with Crippen LogP contribution in [0.5, 0.6) is 0 Å². The van der Waals surface area contributed by atoms with E-state index in [9.17, 15) is 4.39 Å². The van der Waals surface area contributed by atoms with E-state index in [2.05, 4.69) is 33.3 Å². The SMILES string of the molecule is C[C@@H](NCCCN1CCN(c2ccccc2F)CC1)c1cnn(C)c1. The molecule has 1 N–H and O–H groups in total. The van der Waals surface area contributed by atoms with Crippen molar-refractivity contribution in [2.45, 2.75) is 19.4 Å². The van der Waals surface area contributed by atoms with Crippen molar-refractivity contribution >= 4 is 5.69 Å². The highest BCUT2D eigenvalue weighted by Crippen LogP contribution is 2.20. The first kappa shape index (κ1) is 17.9. The van der Waals surface area contributed by atoms with Crippen LogP contribution in [0.1, 0.15) is 24.9 Å². The molecule has 0 radical (unpaired) electrons. The molecule has 25 heavy (non-hydrogen) atoms. The van der Waals surface area contributed by atoms with Crippen LogP contribution in [0.3, 0.4) is 0 Å². The molecule has 0 aliphatic carbocycles. The average Bonchev–Trinajstić information content (AvgIpc) is 3.06. The molecule has 0 amide bonds. The molecular formula is C19H28FN5. The first-order chi connectivity index (χ1) is 12.1. The number of benzene rings is 1. The smallest absolute Gasteiger partial charge is 0.146 e. The first-order valence-electron chi connectivity index (χ1n) is 9.07. The summed E-state index contributed by atoms with van der Waals surface area (Å²) >= 11 is 0. The van der Waals surface area contributed by atoms with Gasteiger partial charge in [0.1, 0.15) is 5.82 Å². The topological polar surface area (TPSA) is 36.3 Å². The van der Waals surface area contributed by atoms with Crippen LogP contribution < -0.4 is 10.2 Å². The van der Waals surface area contributed by atoms with E-state index in [0.29, 0.717) is 6.04 Å². The van der Waals surface area contributed by atoms with Gasteiger partial charge in [0.25, 0.3) is 0 Å². The number of hydrogen-bond acceptors (Lipinski definition) is 4. The molecule has 2 aromatic rings. The van der Waals surface area contributed by atoms with Crippen molar-refractivity contribution < 1.29 is 4.39 Å². The Hall–Kier alpha value is -1.92. The molecule has 1 aliphatic rings. The highest BCUT2D eigenvalue weighted by atomic mass is 19.1. The Morgan fingerprint density at radius 2 is 1.96 bits per heavy atom. The fourth-order valence-corrected chi connectivity index (χ4v) is 3.32. The highest BCUT2D eigenvalue weighted by Gasteiger charge is 2.18. The summed E-state index contributed by atoms with van der Waals surface area (Å²) in [7, 11) is 1.94. The predicted octanol–water partition coefficient (Wildman–Crippen LogP) is 2.42. The lowest BCUT2D eigenvalue weighted by Crippen LogP contribution is -2.47. The highest BCUT2D eigenvalue weighted by molar-refractivity contribution is 5.47. The van der Waals surface area contributed by atoms with Crippen LogP contribution in [0.4, 0.5) is 10.1 Å². The molecular weight excluding hydrogens is 317 g/mol. The van der Waals surface area contributed by atoms with Gasteiger partial charge in [0.2, 0.25) is 0 Å². The van der Waals surface area contributed by atoms with E-state index in [1.165, 1.54) is 11.6 Å². The third kappa shape index (κ3) is 4.80. The third-order valence-corrected chi connectivity index (χ3v) is 4.89. The quantitative estimate of drug-likeness (QED) is 0.782. The monoisotopic (exact) mass is 345 g/mol. The summed E-state index contributed by atoms with van der Waals surface area (Å²) < 4.78 is 15.7. The summed E-state index contributed by atoms with van der Waals surface area (Å²) in [6.07, 6.45) is 5.09. The molecule has 2 heterocycles. The number of nitrogens with one attached hydrogen (secondary N) is 1. The second-order valence-corrected chi connectivity index (χ2v) is 6.76. The molecule has 0 bridgehead atoms. The van der Waals surface area contributed by atoms with Crippen molar-refractivity contribution in [3.05, 3.63) is 48.0 Å². The lowest BCUT2D eigenvalue weighted by molar-refractivity contribution is 0.252. The van der Waals surface area contributed by atoms with Crippen molar-refractivity contribution in [3.63, 3.8) is 0 Å².